The Kier molecular flexibility index (Phi) is 21.9. The summed E-state index contributed by atoms with van der Waals surface area (Å²) in [6.07, 6.45) is 11.4. The maximum atomic E-state index is 14.5. The molecule has 1 aliphatic carbocycles. The molecule has 5 N–H and O–H groups in total. The molecule has 15 heteroatoms. The van der Waals surface area contributed by atoms with Crippen molar-refractivity contribution in [3.8, 4) is 0 Å². The van der Waals surface area contributed by atoms with Gasteiger partial charge in [-0.1, -0.05) is 64.2 Å². The van der Waals surface area contributed by atoms with Crippen LogP contribution in [0.5, 0.6) is 0 Å². The first-order valence-corrected chi connectivity index (χ1v) is 24.2. The second-order valence-corrected chi connectivity index (χ2v) is 19.7. The number of amides is 1. The molecule has 0 unspecified atom stereocenters. The zero-order valence-electron chi connectivity index (χ0n) is 41.3. The number of carbonyl (C=O) groups excluding carboxylic acids is 4. The Morgan fingerprint density at radius 1 is 0.788 bits per heavy atom. The van der Waals surface area contributed by atoms with Gasteiger partial charge in [0.2, 0.25) is 5.79 Å². The molecule has 374 valence electrons. The lowest BCUT2D eigenvalue weighted by molar-refractivity contribution is -0.265. The van der Waals surface area contributed by atoms with Crippen LogP contribution in [0.25, 0.3) is 0 Å². The number of carbonyl (C=O) groups is 4. The van der Waals surface area contributed by atoms with E-state index in [-0.39, 0.29) is 43.4 Å². The minimum Gasteiger partial charge on any atom is -0.459 e. The molecule has 0 spiro atoms. The zero-order valence-corrected chi connectivity index (χ0v) is 41.3. The number of piperidine rings is 1. The lowest BCUT2D eigenvalue weighted by Crippen LogP contribution is -2.61. The number of aliphatic hydroxyl groups is 3. The standard InChI is InChI=1S/C51H82N2O13/c1-30-16-12-11-13-17-31(2)41(62-8)28-37-21-19-35(6)51(60,66-37)48(57)49(58)53-23-15-14-18-39(53)50(59)65-43(38(52)26-36-20-22-40(61-7)44(27-36)64-10)29-42(63-9)32(3)25-34(5)46(55)47(56)45(54)33(4)24-30/h11-13,16-17,25,30,32-33,35-44,46-47,55-56,60H,14-15,18-24,26-29,52H2,1-10H3/b13-11+,16-12+,31-17+,34-25+/t30-,32-,33-,35-,36+,37+,38-,39+,40-,41+,42-,43+,44-,46-,47+,51-/m1/s1. The monoisotopic (exact) mass is 931 g/mol. The lowest BCUT2D eigenvalue weighted by atomic mass is 9.80. The van der Waals surface area contributed by atoms with E-state index in [2.05, 4.69) is 0 Å². The van der Waals surface area contributed by atoms with E-state index in [1.807, 2.05) is 51.2 Å². The van der Waals surface area contributed by atoms with Crippen LogP contribution in [0.3, 0.4) is 0 Å². The van der Waals surface area contributed by atoms with Gasteiger partial charge in [0.25, 0.3) is 11.7 Å². The number of hydrogen-bond donors (Lipinski definition) is 4. The fraction of sp³-hybridized carbons (Fsp3) is 0.765. The van der Waals surface area contributed by atoms with Crippen molar-refractivity contribution in [1.29, 1.82) is 0 Å². The van der Waals surface area contributed by atoms with Crippen molar-refractivity contribution >= 4 is 23.4 Å². The quantitative estimate of drug-likeness (QED) is 0.145. The van der Waals surface area contributed by atoms with E-state index in [1.165, 1.54) is 12.0 Å². The first-order valence-electron chi connectivity index (χ1n) is 24.2. The smallest absolute Gasteiger partial charge is 0.329 e. The number of Topliss-reactive ketones (excluding diaryl/α,β-unsaturated/α-hetero) is 2. The molecule has 0 aromatic heterocycles. The first kappa shape index (κ1) is 55.5. The molecule has 16 atom stereocenters. The SMILES string of the molecule is CO[C@H]1C[C@@H]2CC[C@@H](C)[C@@](O)(O2)C(=O)C(=O)N2CCCC[C@H]2C(=O)O[C@H]([C@H](N)C[C@@H]2CC[C@@H](OC)[C@H](OC)C2)C[C@@H](OC)[C@H](C)/C=C(\C)[C@@H](O)[C@@H](O)C(=O)[C@H](C)C[C@H](C)/C=C/C=C/C=C/1C. The van der Waals surface area contributed by atoms with Crippen LogP contribution in [0.1, 0.15) is 119 Å². The van der Waals surface area contributed by atoms with Crippen molar-refractivity contribution in [2.24, 2.45) is 35.3 Å². The Labute approximate surface area is 393 Å². The number of nitrogens with zero attached hydrogens (tertiary/aromatic N) is 1. The Morgan fingerprint density at radius 3 is 2.15 bits per heavy atom. The van der Waals surface area contributed by atoms with Crippen LogP contribution >= 0.6 is 0 Å². The van der Waals surface area contributed by atoms with Gasteiger partial charge in [-0.25, -0.2) is 4.79 Å². The van der Waals surface area contributed by atoms with E-state index in [0.717, 1.165) is 18.4 Å². The number of hydrogen-bond acceptors (Lipinski definition) is 14. The molecule has 0 radical (unpaired) electrons. The number of cyclic esters (lactones) is 1. The number of nitrogens with two attached hydrogens (primary N) is 1. The van der Waals surface area contributed by atoms with Crippen molar-refractivity contribution in [3.05, 3.63) is 47.6 Å². The van der Waals surface area contributed by atoms with Crippen molar-refractivity contribution in [1.82, 2.24) is 4.90 Å². The molecule has 2 bridgehead atoms. The summed E-state index contributed by atoms with van der Waals surface area (Å²) in [6.45, 7) is 10.9. The summed E-state index contributed by atoms with van der Waals surface area (Å²) in [5.74, 6) is -7.27. The topological polar surface area (TPSA) is 214 Å². The molecule has 1 amide bonds. The molecule has 3 heterocycles. The van der Waals surface area contributed by atoms with Gasteiger partial charge < -0.3 is 54.4 Å². The van der Waals surface area contributed by atoms with Crippen LogP contribution in [0, 0.1) is 29.6 Å². The molecular weight excluding hydrogens is 849 g/mol. The van der Waals surface area contributed by atoms with Crippen LogP contribution in [0.15, 0.2) is 47.6 Å². The molecule has 1 saturated carbocycles. The van der Waals surface area contributed by atoms with Crippen molar-refractivity contribution in [2.75, 3.05) is 35.0 Å². The number of ether oxygens (including phenoxy) is 6. The average Bonchev–Trinajstić information content (AvgIpc) is 3.30. The number of allylic oxidation sites excluding steroid dienone is 5. The van der Waals surface area contributed by atoms with Crippen LogP contribution < -0.4 is 5.73 Å². The minimum absolute atomic E-state index is 0.0138. The molecule has 66 heavy (non-hydrogen) atoms. The predicted octanol–water partition coefficient (Wildman–Crippen LogP) is 5.32. The van der Waals surface area contributed by atoms with Crippen LogP contribution in [-0.4, -0.2) is 145 Å². The molecule has 3 aliphatic heterocycles. The molecule has 2 saturated heterocycles. The lowest BCUT2D eigenvalue weighted by Gasteiger charge is -2.43. The van der Waals surface area contributed by atoms with E-state index in [1.54, 1.807) is 48.2 Å². The van der Waals surface area contributed by atoms with E-state index < -0.39 is 95.7 Å². The highest BCUT2D eigenvalue weighted by molar-refractivity contribution is 6.39. The van der Waals surface area contributed by atoms with E-state index in [9.17, 15) is 34.5 Å². The summed E-state index contributed by atoms with van der Waals surface area (Å²) in [5, 5.41) is 34.3. The van der Waals surface area contributed by atoms with Crippen molar-refractivity contribution in [2.45, 2.75) is 185 Å². The third-order valence-corrected chi connectivity index (χ3v) is 14.7. The Balaban J connectivity index is 1.71. The van der Waals surface area contributed by atoms with Gasteiger partial charge in [0.1, 0.15) is 24.4 Å². The minimum atomic E-state index is -2.42. The third-order valence-electron chi connectivity index (χ3n) is 14.7. The van der Waals surface area contributed by atoms with E-state index >= 15 is 0 Å². The normalized spacial score (nSPS) is 41.1. The van der Waals surface area contributed by atoms with E-state index in [0.29, 0.717) is 56.9 Å². The van der Waals surface area contributed by atoms with Gasteiger partial charge in [-0.05, 0) is 101 Å². The summed E-state index contributed by atoms with van der Waals surface area (Å²) in [6, 6.07) is -1.80. The molecule has 0 aromatic rings. The van der Waals surface area contributed by atoms with Crippen LogP contribution in [-0.2, 0) is 47.6 Å². The number of methoxy groups -OCH3 is 4. The maximum Gasteiger partial charge on any atom is 0.329 e. The fourth-order valence-electron chi connectivity index (χ4n) is 10.4. The summed E-state index contributed by atoms with van der Waals surface area (Å²) in [7, 11) is 6.43. The van der Waals surface area contributed by atoms with E-state index in [4.69, 9.17) is 34.2 Å². The Hall–Kier alpha value is -3.12. The average molecular weight is 931 g/mol. The highest BCUT2D eigenvalue weighted by Crippen LogP contribution is 2.37. The summed E-state index contributed by atoms with van der Waals surface area (Å²) in [4.78, 5) is 57.7. The summed E-state index contributed by atoms with van der Waals surface area (Å²) < 4.78 is 35.8. The number of aliphatic hydroxyl groups excluding tert-OH is 2. The van der Waals surface area contributed by atoms with Gasteiger partial charge >= 0.3 is 5.97 Å². The first-order chi connectivity index (χ1) is 31.3. The number of ketones is 2. The van der Waals surface area contributed by atoms with Gasteiger partial charge in [-0.2, -0.15) is 0 Å². The molecule has 3 fully saturated rings. The highest BCUT2D eigenvalue weighted by Gasteiger charge is 2.53. The maximum absolute atomic E-state index is 14.5. The van der Waals surface area contributed by atoms with Gasteiger partial charge in [-0.3, -0.25) is 14.4 Å². The Bertz CT molecular complexity index is 1730. The largest absolute Gasteiger partial charge is 0.459 e. The number of fused-ring (bicyclic) bond motifs is 3. The zero-order chi connectivity index (χ0) is 48.9. The second kappa shape index (κ2) is 26.0. The molecule has 4 aliphatic rings. The highest BCUT2D eigenvalue weighted by atomic mass is 16.6. The number of rotatable bonds is 7. The van der Waals surface area contributed by atoms with Crippen LogP contribution in [0.2, 0.25) is 0 Å². The van der Waals surface area contributed by atoms with Crippen molar-refractivity contribution < 1.29 is 62.9 Å². The molecule has 4 rings (SSSR count). The fourth-order valence-corrected chi connectivity index (χ4v) is 10.4. The summed E-state index contributed by atoms with van der Waals surface area (Å²) >= 11 is 0. The molecule has 15 nitrogen and oxygen atoms in total. The van der Waals surface area contributed by atoms with Gasteiger partial charge in [-0.15, -0.1) is 0 Å². The van der Waals surface area contributed by atoms with Gasteiger partial charge in [0.15, 0.2) is 5.78 Å². The number of esters is 1. The predicted molar refractivity (Wildman–Crippen MR) is 250 cm³/mol. The third kappa shape index (κ3) is 14.5. The molecule has 0 aromatic carbocycles. The second-order valence-electron chi connectivity index (χ2n) is 19.7. The summed E-state index contributed by atoms with van der Waals surface area (Å²) in [5.41, 5.74) is 8.27. The van der Waals surface area contributed by atoms with Crippen LogP contribution in [0.4, 0.5) is 0 Å². The Morgan fingerprint density at radius 2 is 1.48 bits per heavy atom. The van der Waals surface area contributed by atoms with Crippen molar-refractivity contribution in [3.63, 3.8) is 0 Å². The van der Waals surface area contributed by atoms with Gasteiger partial charge in [0.05, 0.1) is 30.5 Å². The van der Waals surface area contributed by atoms with Gasteiger partial charge in [0, 0.05) is 71.6 Å². The molecular formula is C51H82N2O13.